The maximum Gasteiger partial charge on any atom is 0.262 e. The Labute approximate surface area is 120 Å². The van der Waals surface area contributed by atoms with E-state index in [1.54, 1.807) is 6.92 Å². The first kappa shape index (κ1) is 14.7. The van der Waals surface area contributed by atoms with E-state index in [4.69, 9.17) is 5.84 Å². The van der Waals surface area contributed by atoms with Crippen molar-refractivity contribution in [3.63, 3.8) is 0 Å². The number of hydrazine groups is 1. The topological polar surface area (TPSA) is 90.0 Å². The smallest absolute Gasteiger partial charge is 0.262 e. The van der Waals surface area contributed by atoms with Crippen LogP contribution in [0.15, 0.2) is 11.1 Å². The van der Waals surface area contributed by atoms with E-state index >= 15 is 0 Å². The van der Waals surface area contributed by atoms with E-state index in [-0.39, 0.29) is 17.5 Å². The van der Waals surface area contributed by atoms with Gasteiger partial charge in [0.1, 0.15) is 4.83 Å². The van der Waals surface area contributed by atoms with Gasteiger partial charge in [-0.3, -0.25) is 19.6 Å². The van der Waals surface area contributed by atoms with Crippen molar-refractivity contribution in [2.75, 3.05) is 0 Å². The molecule has 3 N–H and O–H groups in total. The molecule has 2 atom stereocenters. The van der Waals surface area contributed by atoms with E-state index in [0.29, 0.717) is 5.39 Å². The number of carbonyl (C=O) groups excluding carboxylic acids is 1. The van der Waals surface area contributed by atoms with Crippen LogP contribution in [0.1, 0.15) is 30.3 Å². The summed E-state index contributed by atoms with van der Waals surface area (Å²) in [7, 11) is 0. The second-order valence-electron chi connectivity index (χ2n) is 4.96. The summed E-state index contributed by atoms with van der Waals surface area (Å²) in [6.07, 6.45) is 1.50. The zero-order valence-corrected chi connectivity index (χ0v) is 12.7. The third kappa shape index (κ3) is 2.23. The highest BCUT2D eigenvalue weighted by Crippen LogP contribution is 2.26. The maximum absolute atomic E-state index is 12.6. The lowest BCUT2D eigenvalue weighted by molar-refractivity contribution is -0.125. The van der Waals surface area contributed by atoms with Gasteiger partial charge >= 0.3 is 0 Å². The Kier molecular flexibility index (Phi) is 3.92. The molecule has 0 saturated heterocycles. The van der Waals surface area contributed by atoms with Crippen LogP contribution in [0.3, 0.4) is 0 Å². The minimum absolute atomic E-state index is 0.110. The van der Waals surface area contributed by atoms with Crippen LogP contribution >= 0.6 is 11.3 Å². The Balaban J connectivity index is 2.56. The second kappa shape index (κ2) is 5.34. The van der Waals surface area contributed by atoms with Crippen molar-refractivity contribution in [1.82, 2.24) is 15.0 Å². The molecule has 2 rings (SSSR count). The minimum Gasteiger partial charge on any atom is -0.295 e. The van der Waals surface area contributed by atoms with Gasteiger partial charge in [-0.25, -0.2) is 10.8 Å². The van der Waals surface area contributed by atoms with Gasteiger partial charge in [0.25, 0.3) is 5.56 Å². The molecule has 108 valence electrons. The number of thiophene rings is 1. The van der Waals surface area contributed by atoms with Gasteiger partial charge in [0.15, 0.2) is 0 Å². The van der Waals surface area contributed by atoms with Gasteiger partial charge in [-0.05, 0) is 26.3 Å². The van der Waals surface area contributed by atoms with Gasteiger partial charge in [-0.15, -0.1) is 11.3 Å². The van der Waals surface area contributed by atoms with Crippen LogP contribution in [-0.4, -0.2) is 15.5 Å². The quantitative estimate of drug-likeness (QED) is 0.506. The van der Waals surface area contributed by atoms with E-state index in [9.17, 15) is 9.59 Å². The largest absolute Gasteiger partial charge is 0.295 e. The number of aromatic nitrogens is 2. The monoisotopic (exact) mass is 294 g/mol. The van der Waals surface area contributed by atoms with Crippen molar-refractivity contribution >= 4 is 27.5 Å². The van der Waals surface area contributed by atoms with Crippen LogP contribution in [0.4, 0.5) is 0 Å². The molecule has 0 aliphatic carbocycles. The third-order valence-corrected chi connectivity index (χ3v) is 4.95. The average Bonchev–Trinajstić information content (AvgIpc) is 2.73. The average molecular weight is 294 g/mol. The second-order valence-corrected chi connectivity index (χ2v) is 6.16. The molecule has 0 aromatic carbocycles. The first-order valence-electron chi connectivity index (χ1n) is 6.35. The summed E-state index contributed by atoms with van der Waals surface area (Å²) in [5.74, 6) is 4.42. The fraction of sp³-hybridized carbons (Fsp3) is 0.462. The van der Waals surface area contributed by atoms with Crippen LogP contribution in [-0.2, 0) is 4.79 Å². The van der Waals surface area contributed by atoms with Gasteiger partial charge in [0.05, 0.1) is 17.6 Å². The Bertz CT molecular complexity index is 719. The van der Waals surface area contributed by atoms with Crippen LogP contribution in [0, 0.1) is 19.8 Å². The lowest BCUT2D eigenvalue weighted by atomic mass is 10.0. The minimum atomic E-state index is -0.419. The fourth-order valence-corrected chi connectivity index (χ4v) is 3.12. The van der Waals surface area contributed by atoms with Gasteiger partial charge < -0.3 is 0 Å². The van der Waals surface area contributed by atoms with Crippen LogP contribution in [0.2, 0.25) is 0 Å². The van der Waals surface area contributed by atoms with Crippen molar-refractivity contribution in [2.45, 2.75) is 33.7 Å². The third-order valence-electron chi connectivity index (χ3n) is 3.83. The summed E-state index contributed by atoms with van der Waals surface area (Å²) < 4.78 is 1.50. The standard InChI is InChI=1S/C13H18N4O2S/c1-6(11(18)16-14)8(3)17-5-15-12-10(13(17)19)7(2)9(4)20-12/h5-6,8H,14H2,1-4H3,(H,16,18). The van der Waals surface area contributed by atoms with Crippen molar-refractivity contribution in [1.29, 1.82) is 0 Å². The fourth-order valence-electron chi connectivity index (χ4n) is 2.13. The molecule has 0 radical (unpaired) electrons. The Morgan fingerprint density at radius 3 is 2.70 bits per heavy atom. The van der Waals surface area contributed by atoms with Gasteiger partial charge in [-0.1, -0.05) is 6.92 Å². The molecule has 2 aromatic heterocycles. The number of carbonyl (C=O) groups is 1. The van der Waals surface area contributed by atoms with Crippen LogP contribution in [0.5, 0.6) is 0 Å². The van der Waals surface area contributed by atoms with Crippen molar-refractivity contribution in [2.24, 2.45) is 11.8 Å². The number of amides is 1. The number of rotatable bonds is 3. The number of nitrogens with one attached hydrogen (secondary N) is 1. The molecular weight excluding hydrogens is 276 g/mol. The number of hydrogen-bond donors (Lipinski definition) is 2. The highest BCUT2D eigenvalue weighted by atomic mass is 32.1. The van der Waals surface area contributed by atoms with E-state index in [1.165, 1.54) is 22.2 Å². The zero-order valence-electron chi connectivity index (χ0n) is 11.9. The molecule has 0 aliphatic heterocycles. The van der Waals surface area contributed by atoms with Crippen LogP contribution in [0.25, 0.3) is 10.2 Å². The molecule has 0 aliphatic rings. The van der Waals surface area contributed by atoms with Crippen molar-refractivity contribution in [3.05, 3.63) is 27.1 Å². The molecular formula is C13H18N4O2S. The molecule has 0 bridgehead atoms. The summed E-state index contributed by atoms with van der Waals surface area (Å²) in [6.45, 7) is 7.43. The number of aryl methyl sites for hydroxylation is 2. The van der Waals surface area contributed by atoms with E-state index in [0.717, 1.165) is 15.3 Å². The first-order chi connectivity index (χ1) is 9.38. The molecule has 2 unspecified atom stereocenters. The maximum atomic E-state index is 12.6. The van der Waals surface area contributed by atoms with Gasteiger partial charge in [-0.2, -0.15) is 0 Å². The van der Waals surface area contributed by atoms with Crippen molar-refractivity contribution in [3.8, 4) is 0 Å². The molecule has 2 heterocycles. The highest BCUT2D eigenvalue weighted by molar-refractivity contribution is 7.18. The molecule has 0 fully saturated rings. The predicted molar refractivity (Wildman–Crippen MR) is 79.6 cm³/mol. The molecule has 0 spiro atoms. The van der Waals surface area contributed by atoms with E-state index in [1.807, 2.05) is 20.8 Å². The molecule has 6 nitrogen and oxygen atoms in total. The molecule has 2 aromatic rings. The molecule has 7 heteroatoms. The number of nitrogens with two attached hydrogens (primary N) is 1. The Hall–Kier alpha value is -1.73. The molecule has 20 heavy (non-hydrogen) atoms. The summed E-state index contributed by atoms with van der Waals surface area (Å²) in [6, 6.07) is -0.317. The highest BCUT2D eigenvalue weighted by Gasteiger charge is 2.23. The SMILES string of the molecule is Cc1sc2ncn(C(C)C(C)C(=O)NN)c(=O)c2c1C. The van der Waals surface area contributed by atoms with Gasteiger partial charge in [0.2, 0.25) is 5.91 Å². The summed E-state index contributed by atoms with van der Waals surface area (Å²) in [5, 5.41) is 0.641. The summed E-state index contributed by atoms with van der Waals surface area (Å²) in [4.78, 5) is 30.3. The molecule has 0 saturated carbocycles. The van der Waals surface area contributed by atoms with Gasteiger partial charge in [0, 0.05) is 10.9 Å². The molecule has 1 amide bonds. The Morgan fingerprint density at radius 2 is 2.10 bits per heavy atom. The predicted octanol–water partition coefficient (Wildman–Crippen LogP) is 1.26. The van der Waals surface area contributed by atoms with Crippen LogP contribution < -0.4 is 16.8 Å². The first-order valence-corrected chi connectivity index (χ1v) is 7.17. The number of nitrogens with zero attached hydrogens (tertiary/aromatic N) is 2. The summed E-state index contributed by atoms with van der Waals surface area (Å²) in [5.41, 5.74) is 2.96. The lowest BCUT2D eigenvalue weighted by Crippen LogP contribution is -2.39. The van der Waals surface area contributed by atoms with Crippen molar-refractivity contribution < 1.29 is 4.79 Å². The number of hydrogen-bond acceptors (Lipinski definition) is 5. The van der Waals surface area contributed by atoms with E-state index < -0.39 is 5.92 Å². The Morgan fingerprint density at radius 1 is 1.45 bits per heavy atom. The lowest BCUT2D eigenvalue weighted by Gasteiger charge is -2.20. The van der Waals surface area contributed by atoms with E-state index in [2.05, 4.69) is 10.4 Å². The summed E-state index contributed by atoms with van der Waals surface area (Å²) >= 11 is 1.51. The zero-order chi connectivity index (χ0) is 15.0. The number of fused-ring (bicyclic) bond motifs is 1. The normalized spacial score (nSPS) is 14.2.